The van der Waals surface area contributed by atoms with Crippen molar-refractivity contribution in [3.63, 3.8) is 0 Å². The van der Waals surface area contributed by atoms with Crippen LogP contribution in [-0.4, -0.2) is 4.98 Å². The summed E-state index contributed by atoms with van der Waals surface area (Å²) >= 11 is 0. The van der Waals surface area contributed by atoms with Crippen LogP contribution in [-0.2, 0) is 0 Å². The summed E-state index contributed by atoms with van der Waals surface area (Å²) < 4.78 is 13.6. The van der Waals surface area contributed by atoms with E-state index >= 15 is 0 Å². The quantitative estimate of drug-likeness (QED) is 0.825. The Morgan fingerprint density at radius 3 is 2.72 bits per heavy atom. The molecule has 0 spiro atoms. The second-order valence-corrected chi connectivity index (χ2v) is 5.19. The molecule has 2 N–H and O–H groups in total. The third-order valence-corrected chi connectivity index (χ3v) is 3.99. The Hall–Kier alpha value is -1.64. The molecule has 1 aliphatic carbocycles. The fourth-order valence-electron chi connectivity index (χ4n) is 2.88. The summed E-state index contributed by atoms with van der Waals surface area (Å²) in [6.07, 6.45) is 4.86. The van der Waals surface area contributed by atoms with E-state index < -0.39 is 0 Å². The number of rotatable bonds is 1. The standard InChI is InChI=1S/C15H17FN2/c1-9-12(16)7-6-11-13(17)8-14(18-15(9)11)10-4-2-3-5-10/h6-8,10H,2-5H2,1H3,(H2,17,18). The first-order chi connectivity index (χ1) is 8.66. The number of anilines is 1. The van der Waals surface area contributed by atoms with Crippen LogP contribution in [0.1, 0.15) is 42.9 Å². The lowest BCUT2D eigenvalue weighted by Gasteiger charge is -2.13. The number of hydrogen-bond donors (Lipinski definition) is 1. The highest BCUT2D eigenvalue weighted by molar-refractivity contribution is 5.92. The predicted molar refractivity (Wildman–Crippen MR) is 72.1 cm³/mol. The van der Waals surface area contributed by atoms with Crippen molar-refractivity contribution in [2.24, 2.45) is 0 Å². The van der Waals surface area contributed by atoms with E-state index in [9.17, 15) is 4.39 Å². The molecular weight excluding hydrogens is 227 g/mol. The number of fused-ring (bicyclic) bond motifs is 1. The molecule has 94 valence electrons. The topological polar surface area (TPSA) is 38.9 Å². The summed E-state index contributed by atoms with van der Waals surface area (Å²) in [5.41, 5.74) is 9.14. The number of pyridine rings is 1. The van der Waals surface area contributed by atoms with Gasteiger partial charge in [-0.1, -0.05) is 12.8 Å². The van der Waals surface area contributed by atoms with Crippen molar-refractivity contribution in [2.75, 3.05) is 5.73 Å². The van der Waals surface area contributed by atoms with Crippen LogP contribution in [0.5, 0.6) is 0 Å². The third kappa shape index (κ3) is 1.74. The third-order valence-electron chi connectivity index (χ3n) is 3.99. The molecule has 0 amide bonds. The van der Waals surface area contributed by atoms with Gasteiger partial charge in [0.25, 0.3) is 0 Å². The van der Waals surface area contributed by atoms with Crippen LogP contribution in [0.2, 0.25) is 0 Å². The predicted octanol–water partition coefficient (Wildman–Crippen LogP) is 3.92. The van der Waals surface area contributed by atoms with Crippen molar-refractivity contribution in [1.29, 1.82) is 0 Å². The van der Waals surface area contributed by atoms with E-state index in [1.165, 1.54) is 31.7 Å². The molecule has 0 radical (unpaired) electrons. The zero-order valence-electron chi connectivity index (χ0n) is 10.5. The average molecular weight is 244 g/mol. The molecule has 0 bridgehead atoms. The normalized spacial score (nSPS) is 16.6. The highest BCUT2D eigenvalue weighted by Crippen LogP contribution is 2.36. The van der Waals surface area contributed by atoms with Gasteiger partial charge in [0.15, 0.2) is 0 Å². The SMILES string of the molecule is Cc1c(F)ccc2c(N)cc(C3CCCC3)nc12. The lowest BCUT2D eigenvalue weighted by Crippen LogP contribution is -2.01. The maximum absolute atomic E-state index is 13.6. The summed E-state index contributed by atoms with van der Waals surface area (Å²) in [7, 11) is 0. The summed E-state index contributed by atoms with van der Waals surface area (Å²) in [6, 6.07) is 5.15. The summed E-state index contributed by atoms with van der Waals surface area (Å²) in [6.45, 7) is 1.77. The van der Waals surface area contributed by atoms with Gasteiger partial charge < -0.3 is 5.73 Å². The molecule has 1 saturated carbocycles. The van der Waals surface area contributed by atoms with E-state index in [1.807, 2.05) is 6.07 Å². The zero-order valence-corrected chi connectivity index (χ0v) is 10.5. The molecule has 2 aromatic rings. The molecule has 1 aromatic heterocycles. The number of aromatic nitrogens is 1. The molecule has 1 heterocycles. The van der Waals surface area contributed by atoms with Crippen molar-refractivity contribution in [2.45, 2.75) is 38.5 Å². The molecule has 18 heavy (non-hydrogen) atoms. The van der Waals surface area contributed by atoms with Crippen molar-refractivity contribution >= 4 is 16.6 Å². The van der Waals surface area contributed by atoms with Crippen LogP contribution in [0.3, 0.4) is 0 Å². The molecule has 3 rings (SSSR count). The smallest absolute Gasteiger partial charge is 0.128 e. The Bertz CT molecular complexity index is 601. The Morgan fingerprint density at radius 2 is 2.00 bits per heavy atom. The molecule has 0 atom stereocenters. The van der Waals surface area contributed by atoms with Gasteiger partial charge in [0.1, 0.15) is 5.82 Å². The minimum absolute atomic E-state index is 0.210. The van der Waals surface area contributed by atoms with Gasteiger partial charge in [0.2, 0.25) is 0 Å². The fraction of sp³-hybridized carbons (Fsp3) is 0.400. The number of hydrogen-bond acceptors (Lipinski definition) is 2. The van der Waals surface area contributed by atoms with Crippen molar-refractivity contribution in [3.8, 4) is 0 Å². The number of halogens is 1. The lowest BCUT2D eigenvalue weighted by atomic mass is 10.0. The molecule has 2 nitrogen and oxygen atoms in total. The molecule has 1 aliphatic rings. The van der Waals surface area contributed by atoms with E-state index in [2.05, 4.69) is 4.98 Å². The van der Waals surface area contributed by atoms with E-state index in [1.54, 1.807) is 13.0 Å². The van der Waals surface area contributed by atoms with Gasteiger partial charge in [-0.05, 0) is 38.0 Å². The first-order valence-corrected chi connectivity index (χ1v) is 6.52. The highest BCUT2D eigenvalue weighted by atomic mass is 19.1. The second kappa shape index (κ2) is 4.23. The largest absolute Gasteiger partial charge is 0.398 e. The first-order valence-electron chi connectivity index (χ1n) is 6.52. The number of aryl methyl sites for hydroxylation is 1. The number of nitrogen functional groups attached to an aromatic ring is 1. The van der Waals surface area contributed by atoms with Gasteiger partial charge in [0.05, 0.1) is 5.52 Å². The van der Waals surface area contributed by atoms with Gasteiger partial charge in [-0.25, -0.2) is 4.39 Å². The molecule has 1 aromatic carbocycles. The molecule has 1 fully saturated rings. The average Bonchev–Trinajstić information content (AvgIpc) is 2.88. The maximum Gasteiger partial charge on any atom is 0.128 e. The second-order valence-electron chi connectivity index (χ2n) is 5.19. The zero-order chi connectivity index (χ0) is 12.7. The summed E-state index contributed by atoms with van der Waals surface area (Å²) in [5.74, 6) is 0.289. The lowest BCUT2D eigenvalue weighted by molar-refractivity contribution is 0.620. The van der Waals surface area contributed by atoms with Crippen molar-refractivity contribution in [3.05, 3.63) is 35.3 Å². The Balaban J connectivity index is 2.21. The van der Waals surface area contributed by atoms with Crippen molar-refractivity contribution < 1.29 is 4.39 Å². The fourth-order valence-corrected chi connectivity index (χ4v) is 2.88. The van der Waals surface area contributed by atoms with Gasteiger partial charge >= 0.3 is 0 Å². The van der Waals surface area contributed by atoms with Crippen LogP contribution in [0.15, 0.2) is 18.2 Å². The van der Waals surface area contributed by atoms with Gasteiger partial charge in [-0.15, -0.1) is 0 Å². The van der Waals surface area contributed by atoms with E-state index in [0.29, 0.717) is 17.2 Å². The number of benzene rings is 1. The molecule has 0 saturated heterocycles. The highest BCUT2D eigenvalue weighted by Gasteiger charge is 2.20. The van der Waals surface area contributed by atoms with Crippen LogP contribution in [0.4, 0.5) is 10.1 Å². The molecule has 3 heteroatoms. The first kappa shape index (κ1) is 11.5. The van der Waals surface area contributed by atoms with Crippen LogP contribution in [0, 0.1) is 12.7 Å². The van der Waals surface area contributed by atoms with Crippen LogP contribution >= 0.6 is 0 Å². The Labute approximate surface area is 106 Å². The van der Waals surface area contributed by atoms with E-state index in [-0.39, 0.29) is 5.82 Å². The minimum atomic E-state index is -0.210. The molecule has 0 unspecified atom stereocenters. The Morgan fingerprint density at radius 1 is 1.28 bits per heavy atom. The van der Waals surface area contributed by atoms with Crippen LogP contribution in [0.25, 0.3) is 10.9 Å². The number of nitrogens with two attached hydrogens (primary N) is 1. The van der Waals surface area contributed by atoms with Gasteiger partial charge in [0, 0.05) is 28.2 Å². The summed E-state index contributed by atoms with van der Waals surface area (Å²) in [5, 5.41) is 0.857. The monoisotopic (exact) mass is 244 g/mol. The van der Waals surface area contributed by atoms with E-state index in [4.69, 9.17) is 5.73 Å². The minimum Gasteiger partial charge on any atom is -0.398 e. The summed E-state index contributed by atoms with van der Waals surface area (Å²) in [4.78, 5) is 4.66. The maximum atomic E-state index is 13.6. The van der Waals surface area contributed by atoms with Crippen molar-refractivity contribution in [1.82, 2.24) is 4.98 Å². The number of nitrogens with zero attached hydrogens (tertiary/aromatic N) is 1. The molecule has 0 aliphatic heterocycles. The van der Waals surface area contributed by atoms with Gasteiger partial charge in [-0.2, -0.15) is 0 Å². The van der Waals surface area contributed by atoms with E-state index in [0.717, 1.165) is 16.6 Å². The Kier molecular flexibility index (Phi) is 2.69. The van der Waals surface area contributed by atoms with Gasteiger partial charge in [-0.3, -0.25) is 4.98 Å². The molecular formula is C15H17FN2. The van der Waals surface area contributed by atoms with Crippen LogP contribution < -0.4 is 5.73 Å².